The van der Waals surface area contributed by atoms with Crippen molar-refractivity contribution in [2.75, 3.05) is 6.54 Å². The van der Waals surface area contributed by atoms with Gasteiger partial charge in [-0.15, -0.1) is 0 Å². The van der Waals surface area contributed by atoms with Gasteiger partial charge in [-0.3, -0.25) is 0 Å². The van der Waals surface area contributed by atoms with E-state index >= 15 is 0 Å². The number of nitriles is 1. The second-order valence-corrected chi connectivity index (χ2v) is 4.85. The molecule has 0 amide bonds. The van der Waals surface area contributed by atoms with Gasteiger partial charge in [-0.25, -0.2) is 0 Å². The van der Waals surface area contributed by atoms with Crippen LogP contribution in [0.15, 0.2) is 30.3 Å². The average molecular weight is 218 g/mol. The van der Waals surface area contributed by atoms with Crippen molar-refractivity contribution in [1.29, 1.82) is 5.26 Å². The summed E-state index contributed by atoms with van der Waals surface area (Å²) < 4.78 is 0. The summed E-state index contributed by atoms with van der Waals surface area (Å²) in [7, 11) is 0. The molecular formula is C13H18N2O. The molecule has 0 saturated carbocycles. The molecule has 0 fully saturated rings. The molecule has 1 aromatic carbocycles. The van der Waals surface area contributed by atoms with E-state index < -0.39 is 0 Å². The van der Waals surface area contributed by atoms with Crippen LogP contribution in [0.25, 0.3) is 0 Å². The number of hydrogen-bond acceptors (Lipinski definition) is 3. The predicted molar refractivity (Wildman–Crippen MR) is 63.0 cm³/mol. The third-order valence-corrected chi connectivity index (χ3v) is 2.49. The number of nitrogens with zero attached hydrogens (tertiary/aromatic N) is 2. The quantitative estimate of drug-likeness (QED) is 0.793. The Morgan fingerprint density at radius 1 is 1.31 bits per heavy atom. The van der Waals surface area contributed by atoms with Crippen LogP contribution in [0.3, 0.4) is 0 Å². The zero-order valence-electron chi connectivity index (χ0n) is 10.0. The minimum atomic E-state index is -0.343. The molecule has 1 atom stereocenters. The highest BCUT2D eigenvalue weighted by Crippen LogP contribution is 2.19. The Labute approximate surface area is 96.9 Å². The van der Waals surface area contributed by atoms with Gasteiger partial charge in [0.25, 0.3) is 0 Å². The van der Waals surface area contributed by atoms with E-state index in [9.17, 15) is 5.21 Å². The number of benzene rings is 1. The predicted octanol–water partition coefficient (Wildman–Crippen LogP) is 2.78. The Bertz CT molecular complexity index is 362. The van der Waals surface area contributed by atoms with Crippen molar-refractivity contribution < 1.29 is 5.21 Å². The second kappa shape index (κ2) is 5.11. The van der Waals surface area contributed by atoms with E-state index in [-0.39, 0.29) is 11.5 Å². The molecule has 0 saturated heterocycles. The Balaban J connectivity index is 2.76. The maximum Gasteiger partial charge on any atom is 0.0863 e. The largest absolute Gasteiger partial charge is 0.313 e. The van der Waals surface area contributed by atoms with Crippen LogP contribution in [-0.4, -0.2) is 22.4 Å². The van der Waals surface area contributed by atoms with Crippen LogP contribution in [0.2, 0.25) is 0 Å². The molecule has 0 bridgehead atoms. The average Bonchev–Trinajstić information content (AvgIpc) is 2.25. The first-order valence-electron chi connectivity index (χ1n) is 5.36. The fourth-order valence-corrected chi connectivity index (χ4v) is 1.35. The molecule has 0 aliphatic heterocycles. The van der Waals surface area contributed by atoms with E-state index in [0.29, 0.717) is 6.54 Å². The van der Waals surface area contributed by atoms with Gasteiger partial charge in [-0.05, 0) is 26.3 Å². The molecule has 0 aliphatic rings. The maximum atomic E-state index is 9.83. The highest BCUT2D eigenvalue weighted by Gasteiger charge is 2.23. The van der Waals surface area contributed by atoms with Crippen LogP contribution in [0.4, 0.5) is 0 Å². The lowest BCUT2D eigenvalue weighted by molar-refractivity contribution is -0.156. The number of rotatable bonds is 3. The second-order valence-electron chi connectivity index (χ2n) is 4.85. The van der Waals surface area contributed by atoms with Gasteiger partial charge in [0, 0.05) is 12.1 Å². The maximum absolute atomic E-state index is 9.83. The Hall–Kier alpha value is -1.37. The topological polar surface area (TPSA) is 47.3 Å². The number of hydroxylamine groups is 2. The SMILES string of the molecule is CC(C)(C)N(O)CC(C#N)c1ccccc1. The van der Waals surface area contributed by atoms with Crippen molar-refractivity contribution in [3.8, 4) is 6.07 Å². The van der Waals surface area contributed by atoms with Gasteiger partial charge in [0.2, 0.25) is 0 Å². The first kappa shape index (κ1) is 12.7. The summed E-state index contributed by atoms with van der Waals surface area (Å²) in [6.07, 6.45) is 0. The highest BCUT2D eigenvalue weighted by molar-refractivity contribution is 5.25. The zero-order chi connectivity index (χ0) is 12.2. The van der Waals surface area contributed by atoms with Gasteiger partial charge in [0.15, 0.2) is 0 Å². The normalized spacial score (nSPS) is 13.5. The fraction of sp³-hybridized carbons (Fsp3) is 0.462. The van der Waals surface area contributed by atoms with E-state index in [1.165, 1.54) is 5.06 Å². The van der Waals surface area contributed by atoms with E-state index in [2.05, 4.69) is 6.07 Å². The molecule has 0 aromatic heterocycles. The minimum Gasteiger partial charge on any atom is -0.313 e. The lowest BCUT2D eigenvalue weighted by atomic mass is 9.99. The van der Waals surface area contributed by atoms with E-state index in [4.69, 9.17) is 5.26 Å². The van der Waals surface area contributed by atoms with Crippen LogP contribution >= 0.6 is 0 Å². The highest BCUT2D eigenvalue weighted by atomic mass is 16.5. The lowest BCUT2D eigenvalue weighted by Crippen LogP contribution is -2.40. The molecule has 16 heavy (non-hydrogen) atoms. The van der Waals surface area contributed by atoms with Gasteiger partial charge in [0.05, 0.1) is 12.0 Å². The Morgan fingerprint density at radius 3 is 2.31 bits per heavy atom. The van der Waals surface area contributed by atoms with Crippen LogP contribution in [-0.2, 0) is 0 Å². The van der Waals surface area contributed by atoms with Crippen molar-refractivity contribution in [2.24, 2.45) is 0 Å². The zero-order valence-corrected chi connectivity index (χ0v) is 10.0. The van der Waals surface area contributed by atoms with Gasteiger partial charge < -0.3 is 5.21 Å². The summed E-state index contributed by atoms with van der Waals surface area (Å²) in [5.41, 5.74) is 0.595. The first-order chi connectivity index (χ1) is 7.45. The molecule has 1 rings (SSSR count). The number of hydrogen-bond donors (Lipinski definition) is 1. The van der Waals surface area contributed by atoms with Crippen LogP contribution in [0.1, 0.15) is 32.3 Å². The van der Waals surface area contributed by atoms with Gasteiger partial charge in [0.1, 0.15) is 0 Å². The van der Waals surface area contributed by atoms with E-state index in [1.807, 2.05) is 51.1 Å². The molecule has 0 aliphatic carbocycles. The summed E-state index contributed by atoms with van der Waals surface area (Å²) in [6.45, 7) is 6.05. The van der Waals surface area contributed by atoms with Gasteiger partial charge in [-0.1, -0.05) is 30.3 Å². The summed E-state index contributed by atoms with van der Waals surface area (Å²) in [6, 6.07) is 11.8. The molecule has 3 nitrogen and oxygen atoms in total. The van der Waals surface area contributed by atoms with Crippen molar-refractivity contribution in [1.82, 2.24) is 5.06 Å². The summed E-state index contributed by atoms with van der Waals surface area (Å²) in [5, 5.41) is 20.2. The molecular weight excluding hydrogens is 200 g/mol. The molecule has 1 aromatic rings. The Kier molecular flexibility index (Phi) is 4.05. The van der Waals surface area contributed by atoms with Crippen LogP contribution < -0.4 is 0 Å². The van der Waals surface area contributed by atoms with Crippen molar-refractivity contribution in [2.45, 2.75) is 32.2 Å². The lowest BCUT2D eigenvalue weighted by Gasteiger charge is -2.30. The van der Waals surface area contributed by atoms with E-state index in [1.54, 1.807) is 0 Å². The van der Waals surface area contributed by atoms with Crippen molar-refractivity contribution >= 4 is 0 Å². The molecule has 3 heteroatoms. The summed E-state index contributed by atoms with van der Waals surface area (Å²) >= 11 is 0. The molecule has 0 heterocycles. The third-order valence-electron chi connectivity index (χ3n) is 2.49. The molecule has 1 N–H and O–H groups in total. The van der Waals surface area contributed by atoms with E-state index in [0.717, 1.165) is 5.56 Å². The monoisotopic (exact) mass is 218 g/mol. The summed E-state index contributed by atoms with van der Waals surface area (Å²) in [5.74, 6) is -0.301. The smallest absolute Gasteiger partial charge is 0.0863 e. The van der Waals surface area contributed by atoms with Crippen molar-refractivity contribution in [3.63, 3.8) is 0 Å². The van der Waals surface area contributed by atoms with Crippen LogP contribution in [0.5, 0.6) is 0 Å². The van der Waals surface area contributed by atoms with Crippen molar-refractivity contribution in [3.05, 3.63) is 35.9 Å². The molecule has 1 unspecified atom stereocenters. The fourth-order valence-electron chi connectivity index (χ4n) is 1.35. The first-order valence-corrected chi connectivity index (χ1v) is 5.36. The molecule has 86 valence electrons. The minimum absolute atomic E-state index is 0.301. The standard InChI is InChI=1S/C13H18N2O/c1-13(2,3)15(16)10-12(9-14)11-7-5-4-6-8-11/h4-8,12,16H,10H2,1-3H3. The molecule has 0 spiro atoms. The van der Waals surface area contributed by atoms with Crippen LogP contribution in [0, 0.1) is 11.3 Å². The molecule has 0 radical (unpaired) electrons. The third kappa shape index (κ3) is 3.34. The van der Waals surface area contributed by atoms with Gasteiger partial charge >= 0.3 is 0 Å². The van der Waals surface area contributed by atoms with Gasteiger partial charge in [-0.2, -0.15) is 10.3 Å². The summed E-state index contributed by atoms with van der Waals surface area (Å²) in [4.78, 5) is 0. The Morgan fingerprint density at radius 2 is 1.88 bits per heavy atom.